The van der Waals surface area contributed by atoms with Gasteiger partial charge >= 0.3 is 0 Å². The summed E-state index contributed by atoms with van der Waals surface area (Å²) in [6.45, 7) is 0.826. The molecule has 5 nitrogen and oxygen atoms in total. The first-order valence-corrected chi connectivity index (χ1v) is 7.97. The van der Waals surface area contributed by atoms with Crippen LogP contribution in [-0.4, -0.2) is 28.6 Å². The van der Waals surface area contributed by atoms with Gasteiger partial charge in [-0.1, -0.05) is 6.07 Å². The van der Waals surface area contributed by atoms with Gasteiger partial charge in [-0.2, -0.15) is 0 Å². The van der Waals surface area contributed by atoms with Gasteiger partial charge in [0, 0.05) is 24.6 Å². The molecule has 2 aromatic rings. The van der Waals surface area contributed by atoms with E-state index in [2.05, 4.69) is 15.3 Å². The Morgan fingerprint density at radius 2 is 2.38 bits per heavy atom. The Morgan fingerprint density at radius 3 is 3.14 bits per heavy atom. The predicted molar refractivity (Wildman–Crippen MR) is 82.2 cm³/mol. The molecule has 1 fully saturated rings. The number of carbonyl (C=O) groups is 1. The third-order valence-corrected chi connectivity index (χ3v) is 4.15. The number of hydrogen-bond acceptors (Lipinski definition) is 5. The number of carbonyl (C=O) groups excluding carboxylic acids is 1. The quantitative estimate of drug-likeness (QED) is 0.922. The minimum Gasteiger partial charge on any atom is -0.378 e. The van der Waals surface area contributed by atoms with E-state index in [1.807, 2.05) is 23.6 Å². The zero-order valence-corrected chi connectivity index (χ0v) is 12.4. The van der Waals surface area contributed by atoms with Crippen molar-refractivity contribution >= 4 is 22.4 Å². The molecule has 0 bridgehead atoms. The second kappa shape index (κ2) is 6.78. The van der Waals surface area contributed by atoms with Crippen LogP contribution in [0.25, 0.3) is 11.4 Å². The molecule has 1 N–H and O–H groups in total. The van der Waals surface area contributed by atoms with Crippen molar-refractivity contribution in [3.63, 3.8) is 0 Å². The van der Waals surface area contributed by atoms with Crippen LogP contribution >= 0.6 is 11.3 Å². The lowest BCUT2D eigenvalue weighted by molar-refractivity contribution is -0.116. The molecule has 0 spiro atoms. The summed E-state index contributed by atoms with van der Waals surface area (Å²) in [5.74, 6) is -0.00702. The summed E-state index contributed by atoms with van der Waals surface area (Å²) in [4.78, 5) is 20.5. The highest BCUT2D eigenvalue weighted by molar-refractivity contribution is 7.14. The van der Waals surface area contributed by atoms with E-state index in [1.54, 1.807) is 6.20 Å². The van der Waals surface area contributed by atoms with E-state index >= 15 is 0 Å². The van der Waals surface area contributed by atoms with E-state index in [1.165, 1.54) is 11.3 Å². The summed E-state index contributed by atoms with van der Waals surface area (Å²) in [6.07, 6.45) is 5.40. The number of rotatable bonds is 5. The average molecular weight is 303 g/mol. The fourth-order valence-corrected chi connectivity index (χ4v) is 3.03. The number of thiazole rings is 1. The van der Waals surface area contributed by atoms with Crippen molar-refractivity contribution < 1.29 is 9.53 Å². The minimum atomic E-state index is -0.00702. The Hall–Kier alpha value is -1.79. The molecule has 2 aromatic heterocycles. The van der Waals surface area contributed by atoms with E-state index in [0.717, 1.165) is 37.3 Å². The molecule has 0 radical (unpaired) electrons. The molecule has 1 amide bonds. The lowest BCUT2D eigenvalue weighted by atomic mass is 10.1. The van der Waals surface area contributed by atoms with Gasteiger partial charge in [0.1, 0.15) is 5.69 Å². The third kappa shape index (κ3) is 3.86. The van der Waals surface area contributed by atoms with Crippen LogP contribution in [0.2, 0.25) is 0 Å². The maximum absolute atomic E-state index is 11.9. The van der Waals surface area contributed by atoms with Crippen LogP contribution in [0.1, 0.15) is 25.7 Å². The van der Waals surface area contributed by atoms with Gasteiger partial charge in [0.15, 0.2) is 5.13 Å². The molecule has 21 heavy (non-hydrogen) atoms. The lowest BCUT2D eigenvalue weighted by Gasteiger charge is -2.07. The Morgan fingerprint density at radius 1 is 1.43 bits per heavy atom. The SMILES string of the molecule is O=C(CCC1CCCO1)Nc1nc(-c2ccccn2)cs1. The molecule has 1 aliphatic rings. The highest BCUT2D eigenvalue weighted by Crippen LogP contribution is 2.23. The number of nitrogens with zero attached hydrogens (tertiary/aromatic N) is 2. The summed E-state index contributed by atoms with van der Waals surface area (Å²) in [5.41, 5.74) is 1.60. The van der Waals surface area contributed by atoms with Crippen LogP contribution in [0.4, 0.5) is 5.13 Å². The van der Waals surface area contributed by atoms with Crippen molar-refractivity contribution in [2.45, 2.75) is 31.8 Å². The number of pyridine rings is 1. The van der Waals surface area contributed by atoms with Crippen LogP contribution in [-0.2, 0) is 9.53 Å². The number of anilines is 1. The normalized spacial score (nSPS) is 17.8. The van der Waals surface area contributed by atoms with Crippen molar-refractivity contribution in [3.8, 4) is 11.4 Å². The van der Waals surface area contributed by atoms with Gasteiger partial charge in [-0.25, -0.2) is 4.98 Å². The van der Waals surface area contributed by atoms with E-state index in [9.17, 15) is 4.79 Å². The summed E-state index contributed by atoms with van der Waals surface area (Å²) >= 11 is 1.42. The third-order valence-electron chi connectivity index (χ3n) is 3.40. The Bertz CT molecular complexity index is 594. The largest absolute Gasteiger partial charge is 0.378 e. The van der Waals surface area contributed by atoms with Gasteiger partial charge in [-0.3, -0.25) is 9.78 Å². The molecular weight excluding hydrogens is 286 g/mol. The fraction of sp³-hybridized carbons (Fsp3) is 0.400. The number of ether oxygens (including phenoxy) is 1. The van der Waals surface area contributed by atoms with Crippen molar-refractivity contribution in [2.24, 2.45) is 0 Å². The van der Waals surface area contributed by atoms with Gasteiger partial charge in [0.2, 0.25) is 5.91 Å². The molecule has 3 rings (SSSR count). The summed E-state index contributed by atoms with van der Waals surface area (Å²) in [6, 6.07) is 5.68. The van der Waals surface area contributed by atoms with Crippen LogP contribution in [0.3, 0.4) is 0 Å². The second-order valence-corrected chi connectivity index (χ2v) is 5.83. The summed E-state index contributed by atoms with van der Waals surface area (Å²) in [5, 5.41) is 5.36. The van der Waals surface area contributed by atoms with Crippen molar-refractivity contribution in [1.29, 1.82) is 0 Å². The van der Waals surface area contributed by atoms with E-state index in [0.29, 0.717) is 11.6 Å². The molecule has 0 aliphatic carbocycles. The number of nitrogens with one attached hydrogen (secondary N) is 1. The summed E-state index contributed by atoms with van der Waals surface area (Å²) in [7, 11) is 0. The Kier molecular flexibility index (Phi) is 4.57. The number of hydrogen-bond donors (Lipinski definition) is 1. The second-order valence-electron chi connectivity index (χ2n) is 4.97. The Labute approximate surface area is 127 Å². The van der Waals surface area contributed by atoms with Crippen LogP contribution in [0, 0.1) is 0 Å². The highest BCUT2D eigenvalue weighted by atomic mass is 32.1. The van der Waals surface area contributed by atoms with Gasteiger partial charge < -0.3 is 10.1 Å². The zero-order chi connectivity index (χ0) is 14.5. The first kappa shape index (κ1) is 14.2. The van der Waals surface area contributed by atoms with Gasteiger partial charge in [-0.15, -0.1) is 11.3 Å². The predicted octanol–water partition coefficient (Wildman–Crippen LogP) is 3.10. The molecule has 3 heterocycles. The standard InChI is InChI=1S/C15H17N3O2S/c19-14(7-6-11-4-3-9-20-11)18-15-17-13(10-21-15)12-5-1-2-8-16-12/h1-2,5,8,10-11H,3-4,6-7,9H2,(H,17,18,19). The smallest absolute Gasteiger partial charge is 0.226 e. The zero-order valence-electron chi connectivity index (χ0n) is 11.6. The average Bonchev–Trinajstić information content (AvgIpc) is 3.17. The molecule has 1 aliphatic heterocycles. The van der Waals surface area contributed by atoms with Crippen LogP contribution in [0.15, 0.2) is 29.8 Å². The molecule has 1 unspecified atom stereocenters. The molecule has 6 heteroatoms. The topological polar surface area (TPSA) is 64.1 Å². The lowest BCUT2D eigenvalue weighted by Crippen LogP contribution is -2.15. The van der Waals surface area contributed by atoms with Gasteiger partial charge in [-0.05, 0) is 31.4 Å². The van der Waals surface area contributed by atoms with Gasteiger partial charge in [0.25, 0.3) is 0 Å². The summed E-state index contributed by atoms with van der Waals surface area (Å²) < 4.78 is 5.51. The Balaban J connectivity index is 1.53. The van der Waals surface area contributed by atoms with Crippen molar-refractivity contribution in [2.75, 3.05) is 11.9 Å². The first-order chi connectivity index (χ1) is 10.3. The molecule has 1 atom stereocenters. The van der Waals surface area contributed by atoms with E-state index in [-0.39, 0.29) is 12.0 Å². The fourth-order valence-electron chi connectivity index (χ4n) is 2.31. The molecule has 0 aromatic carbocycles. The monoisotopic (exact) mass is 303 g/mol. The van der Waals surface area contributed by atoms with Crippen molar-refractivity contribution in [3.05, 3.63) is 29.8 Å². The maximum Gasteiger partial charge on any atom is 0.226 e. The van der Waals surface area contributed by atoms with Crippen LogP contribution < -0.4 is 5.32 Å². The molecular formula is C15H17N3O2S. The molecule has 0 saturated carbocycles. The minimum absolute atomic E-state index is 0.00702. The van der Waals surface area contributed by atoms with E-state index < -0.39 is 0 Å². The van der Waals surface area contributed by atoms with Crippen molar-refractivity contribution in [1.82, 2.24) is 9.97 Å². The number of amides is 1. The number of aromatic nitrogens is 2. The van der Waals surface area contributed by atoms with Crippen LogP contribution in [0.5, 0.6) is 0 Å². The molecule has 1 saturated heterocycles. The highest BCUT2D eigenvalue weighted by Gasteiger charge is 2.17. The maximum atomic E-state index is 11.9. The van der Waals surface area contributed by atoms with Gasteiger partial charge in [0.05, 0.1) is 11.8 Å². The molecule has 110 valence electrons. The first-order valence-electron chi connectivity index (χ1n) is 7.09. The van der Waals surface area contributed by atoms with E-state index in [4.69, 9.17) is 4.74 Å².